The number of halogens is 2. The van der Waals surface area contributed by atoms with Crippen LogP contribution in [0.15, 0.2) is 57.8 Å². The molecule has 2 aromatic carbocycles. The lowest BCUT2D eigenvalue weighted by atomic mass is 10.1. The molecule has 0 aliphatic rings. The molecular weight excluding hydrogens is 483 g/mol. The third kappa shape index (κ3) is 4.06. The molecule has 3 heterocycles. The average molecular weight is 501 g/mol. The Morgan fingerprint density at radius 3 is 2.73 bits per heavy atom. The summed E-state index contributed by atoms with van der Waals surface area (Å²) in [5.41, 5.74) is 3.02. The van der Waals surface area contributed by atoms with E-state index in [-0.39, 0.29) is 18.0 Å². The van der Waals surface area contributed by atoms with Crippen molar-refractivity contribution in [3.63, 3.8) is 0 Å². The van der Waals surface area contributed by atoms with E-state index in [9.17, 15) is 14.3 Å². The molecule has 33 heavy (non-hydrogen) atoms. The summed E-state index contributed by atoms with van der Waals surface area (Å²) in [5, 5.41) is 13.1. The number of imidazole rings is 1. The van der Waals surface area contributed by atoms with Crippen LogP contribution in [0.5, 0.6) is 0 Å². The van der Waals surface area contributed by atoms with Crippen LogP contribution >= 0.6 is 34.7 Å². The Morgan fingerprint density at radius 1 is 1.18 bits per heavy atom. The normalized spacial score (nSPS) is 11.6. The Hall–Kier alpha value is -2.72. The van der Waals surface area contributed by atoms with Crippen molar-refractivity contribution in [2.75, 3.05) is 6.61 Å². The number of aliphatic hydroxyl groups is 1. The first-order valence-corrected chi connectivity index (χ1v) is 12.3. The van der Waals surface area contributed by atoms with Gasteiger partial charge in [0.05, 0.1) is 28.8 Å². The van der Waals surface area contributed by atoms with Crippen molar-refractivity contribution in [2.24, 2.45) is 7.05 Å². The van der Waals surface area contributed by atoms with Gasteiger partial charge in [0.1, 0.15) is 16.5 Å². The van der Waals surface area contributed by atoms with Gasteiger partial charge in [-0.15, -0.1) is 11.3 Å². The molecule has 6 nitrogen and oxygen atoms in total. The highest BCUT2D eigenvalue weighted by atomic mass is 35.5. The van der Waals surface area contributed by atoms with Crippen LogP contribution in [0.25, 0.3) is 32.4 Å². The van der Waals surface area contributed by atoms with Crippen molar-refractivity contribution < 1.29 is 9.50 Å². The number of aromatic nitrogens is 4. The summed E-state index contributed by atoms with van der Waals surface area (Å²) >= 11 is 8.94. The Labute approximate surface area is 201 Å². The third-order valence-electron chi connectivity index (χ3n) is 5.37. The van der Waals surface area contributed by atoms with Gasteiger partial charge in [-0.25, -0.2) is 14.4 Å². The van der Waals surface area contributed by atoms with Crippen molar-refractivity contribution in [1.82, 2.24) is 19.1 Å². The zero-order valence-corrected chi connectivity index (χ0v) is 19.8. The molecule has 0 saturated carbocycles. The smallest absolute Gasteiger partial charge is 0.263 e. The van der Waals surface area contributed by atoms with Crippen LogP contribution in [0.4, 0.5) is 4.39 Å². The molecule has 0 aliphatic heterocycles. The first kappa shape index (κ1) is 22.1. The molecule has 0 spiro atoms. The minimum atomic E-state index is -0.322. The van der Waals surface area contributed by atoms with Gasteiger partial charge in [-0.05, 0) is 35.9 Å². The first-order chi connectivity index (χ1) is 16.0. The van der Waals surface area contributed by atoms with Crippen LogP contribution in [0, 0.1) is 5.82 Å². The SMILES string of the molecule is Cn1c(SCc2nc3ccc(Cl)cc3n2CCO)nc2scc(-c3ccc(F)cc3)c2c1=O. The van der Waals surface area contributed by atoms with E-state index in [0.29, 0.717) is 32.7 Å². The molecule has 3 aromatic heterocycles. The highest BCUT2D eigenvalue weighted by Gasteiger charge is 2.17. The van der Waals surface area contributed by atoms with Gasteiger partial charge in [0.2, 0.25) is 0 Å². The molecule has 0 unspecified atom stereocenters. The molecule has 0 amide bonds. The zero-order valence-electron chi connectivity index (χ0n) is 17.5. The largest absolute Gasteiger partial charge is 0.395 e. The summed E-state index contributed by atoms with van der Waals surface area (Å²) in [7, 11) is 1.69. The van der Waals surface area contributed by atoms with E-state index < -0.39 is 0 Å². The van der Waals surface area contributed by atoms with Crippen molar-refractivity contribution in [3.05, 3.63) is 74.9 Å². The maximum absolute atomic E-state index is 13.3. The second-order valence-corrected chi connectivity index (χ2v) is 9.66. The van der Waals surface area contributed by atoms with Gasteiger partial charge in [0.25, 0.3) is 5.56 Å². The number of thiophene rings is 1. The fourth-order valence-corrected chi connectivity index (χ4v) is 5.83. The molecule has 168 valence electrons. The minimum absolute atomic E-state index is 0.0281. The maximum atomic E-state index is 13.3. The minimum Gasteiger partial charge on any atom is -0.395 e. The molecule has 0 fully saturated rings. The van der Waals surface area contributed by atoms with E-state index in [2.05, 4.69) is 4.98 Å². The first-order valence-electron chi connectivity index (χ1n) is 10.1. The number of benzene rings is 2. The Bertz CT molecular complexity index is 1540. The van der Waals surface area contributed by atoms with E-state index in [1.165, 1.54) is 39.8 Å². The fraction of sp³-hybridized carbons (Fsp3) is 0.174. The van der Waals surface area contributed by atoms with Gasteiger partial charge in [0, 0.05) is 29.6 Å². The number of thioether (sulfide) groups is 1. The molecule has 1 N–H and O–H groups in total. The van der Waals surface area contributed by atoms with Crippen molar-refractivity contribution in [2.45, 2.75) is 17.5 Å². The predicted molar refractivity (Wildman–Crippen MR) is 132 cm³/mol. The summed E-state index contributed by atoms with van der Waals surface area (Å²) < 4.78 is 16.8. The molecule has 10 heteroatoms. The number of rotatable bonds is 6. The van der Waals surface area contributed by atoms with Crippen LogP contribution in [0.3, 0.4) is 0 Å². The van der Waals surface area contributed by atoms with Crippen molar-refractivity contribution >= 4 is 55.9 Å². The quantitative estimate of drug-likeness (QED) is 0.260. The monoisotopic (exact) mass is 500 g/mol. The molecule has 0 aliphatic carbocycles. The summed E-state index contributed by atoms with van der Waals surface area (Å²) in [6.07, 6.45) is 0. The van der Waals surface area contributed by atoms with Crippen LogP contribution in [0.2, 0.25) is 5.02 Å². The van der Waals surface area contributed by atoms with Gasteiger partial charge in [-0.2, -0.15) is 0 Å². The number of aliphatic hydroxyl groups excluding tert-OH is 1. The van der Waals surface area contributed by atoms with Crippen molar-refractivity contribution in [3.8, 4) is 11.1 Å². The summed E-state index contributed by atoms with van der Waals surface area (Å²) in [5.74, 6) is 0.908. The highest BCUT2D eigenvalue weighted by Crippen LogP contribution is 2.33. The topological polar surface area (TPSA) is 72.9 Å². The lowest BCUT2D eigenvalue weighted by molar-refractivity contribution is 0.276. The second kappa shape index (κ2) is 8.90. The van der Waals surface area contributed by atoms with E-state index in [1.54, 1.807) is 25.2 Å². The molecule has 5 rings (SSSR count). The average Bonchev–Trinajstić information content (AvgIpc) is 3.38. The van der Waals surface area contributed by atoms with Crippen LogP contribution < -0.4 is 5.56 Å². The van der Waals surface area contributed by atoms with Crippen LogP contribution in [0.1, 0.15) is 5.82 Å². The lowest BCUT2D eigenvalue weighted by Gasteiger charge is -2.10. The standard InChI is InChI=1S/C23H18ClFN4O2S2/c1-28-22(31)20-16(13-2-5-15(25)6-3-13)11-32-21(20)27-23(28)33-12-19-26-17-7-4-14(24)10-18(17)29(19)8-9-30/h2-7,10-11,30H,8-9,12H2,1H3. The molecule has 5 aromatic rings. The van der Waals surface area contributed by atoms with Crippen molar-refractivity contribution in [1.29, 1.82) is 0 Å². The number of nitrogens with zero attached hydrogens (tertiary/aromatic N) is 4. The second-order valence-electron chi connectivity index (χ2n) is 7.42. The fourth-order valence-electron chi connectivity index (χ4n) is 3.76. The molecule has 0 saturated heterocycles. The number of hydrogen-bond acceptors (Lipinski definition) is 6. The number of hydrogen-bond donors (Lipinski definition) is 1. The maximum Gasteiger partial charge on any atom is 0.263 e. The van der Waals surface area contributed by atoms with Gasteiger partial charge in [-0.1, -0.05) is 35.5 Å². The summed E-state index contributed by atoms with van der Waals surface area (Å²) in [6.45, 7) is 0.365. The summed E-state index contributed by atoms with van der Waals surface area (Å²) in [4.78, 5) is 23.2. The lowest BCUT2D eigenvalue weighted by Crippen LogP contribution is -2.19. The van der Waals surface area contributed by atoms with E-state index in [1.807, 2.05) is 22.1 Å². The molecule has 0 bridgehead atoms. The number of fused-ring (bicyclic) bond motifs is 2. The van der Waals surface area contributed by atoms with E-state index in [4.69, 9.17) is 16.6 Å². The predicted octanol–water partition coefficient (Wildman–Crippen LogP) is 5.09. The molecule has 0 radical (unpaired) electrons. The zero-order chi connectivity index (χ0) is 23.1. The Kier molecular flexibility index (Phi) is 5.96. The van der Waals surface area contributed by atoms with Crippen LogP contribution in [-0.4, -0.2) is 30.8 Å². The molecule has 0 atom stereocenters. The highest BCUT2D eigenvalue weighted by molar-refractivity contribution is 7.98. The third-order valence-corrected chi connectivity index (χ3v) is 7.51. The Morgan fingerprint density at radius 2 is 1.97 bits per heavy atom. The van der Waals surface area contributed by atoms with E-state index in [0.717, 1.165) is 28.0 Å². The van der Waals surface area contributed by atoms with Gasteiger partial charge in [-0.3, -0.25) is 9.36 Å². The van der Waals surface area contributed by atoms with Gasteiger partial charge >= 0.3 is 0 Å². The molecular formula is C23H18ClFN4O2S2. The summed E-state index contributed by atoms with van der Waals surface area (Å²) in [6, 6.07) is 11.6. The van der Waals surface area contributed by atoms with Gasteiger partial charge < -0.3 is 9.67 Å². The van der Waals surface area contributed by atoms with Gasteiger partial charge in [0.15, 0.2) is 5.16 Å². The Balaban J connectivity index is 1.50. The van der Waals surface area contributed by atoms with Crippen LogP contribution in [-0.2, 0) is 19.3 Å². The van der Waals surface area contributed by atoms with E-state index >= 15 is 0 Å².